The average molecular weight is 301 g/mol. The highest BCUT2D eigenvalue weighted by Crippen LogP contribution is 2.21. The molecule has 0 radical (unpaired) electrons. The highest BCUT2D eigenvalue weighted by atomic mass is 32.2. The fourth-order valence-corrected chi connectivity index (χ4v) is 3.87. The van der Waals surface area contributed by atoms with E-state index in [0.29, 0.717) is 19.4 Å². The van der Waals surface area contributed by atoms with E-state index in [2.05, 4.69) is 10.3 Å². The van der Waals surface area contributed by atoms with Crippen LogP contribution in [0.2, 0.25) is 0 Å². The van der Waals surface area contributed by atoms with Crippen molar-refractivity contribution in [1.82, 2.24) is 14.6 Å². The normalized spacial score (nSPS) is 21.3. The third-order valence-electron chi connectivity index (χ3n) is 3.18. The van der Waals surface area contributed by atoms with Gasteiger partial charge in [-0.05, 0) is 18.9 Å². The zero-order valence-corrected chi connectivity index (χ0v) is 11.9. The molecule has 6 nitrogen and oxygen atoms in total. The summed E-state index contributed by atoms with van der Waals surface area (Å²) in [5, 5.41) is 2.68. The van der Waals surface area contributed by atoms with Gasteiger partial charge in [0.1, 0.15) is 16.8 Å². The van der Waals surface area contributed by atoms with Crippen molar-refractivity contribution in [2.24, 2.45) is 0 Å². The molecular formula is C12H16FN3O3S. The smallest absolute Gasteiger partial charge is 0.245 e. The Morgan fingerprint density at radius 2 is 2.25 bits per heavy atom. The summed E-state index contributed by atoms with van der Waals surface area (Å²) in [6.45, 7) is 2.39. The first-order valence-electron chi connectivity index (χ1n) is 6.37. The van der Waals surface area contributed by atoms with Crippen molar-refractivity contribution in [3.63, 3.8) is 0 Å². The molecular weight excluding hydrogens is 285 g/mol. The van der Waals surface area contributed by atoms with Gasteiger partial charge in [-0.25, -0.2) is 12.8 Å². The summed E-state index contributed by atoms with van der Waals surface area (Å²) in [4.78, 5) is 15.2. The maximum atomic E-state index is 13.2. The van der Waals surface area contributed by atoms with Crippen molar-refractivity contribution >= 4 is 15.9 Å². The van der Waals surface area contributed by atoms with Gasteiger partial charge in [0.2, 0.25) is 15.9 Å². The SMILES string of the molecule is CC[C@H]1C(=O)NCCCN1S(=O)(=O)c1cncc(F)c1. The lowest BCUT2D eigenvalue weighted by Crippen LogP contribution is -2.46. The molecule has 1 aliphatic heterocycles. The van der Waals surface area contributed by atoms with Crippen LogP contribution in [-0.4, -0.2) is 42.7 Å². The molecule has 8 heteroatoms. The Labute approximate surface area is 117 Å². The number of nitrogens with zero attached hydrogens (tertiary/aromatic N) is 2. The van der Waals surface area contributed by atoms with Gasteiger partial charge in [-0.2, -0.15) is 4.31 Å². The standard InChI is InChI=1S/C12H16FN3O3S/c1-2-11-12(17)15-4-3-5-16(11)20(18,19)10-6-9(13)7-14-8-10/h6-8,11H,2-5H2,1H3,(H,15,17)/t11-/m0/s1. The van der Waals surface area contributed by atoms with Gasteiger partial charge in [0.25, 0.3) is 0 Å². The second kappa shape index (κ2) is 5.84. The van der Waals surface area contributed by atoms with Crippen molar-refractivity contribution in [3.8, 4) is 0 Å². The van der Waals surface area contributed by atoms with Crippen LogP contribution in [-0.2, 0) is 14.8 Å². The zero-order valence-electron chi connectivity index (χ0n) is 11.0. The Hall–Kier alpha value is -1.54. The molecule has 110 valence electrons. The molecule has 20 heavy (non-hydrogen) atoms. The van der Waals surface area contributed by atoms with Crippen LogP contribution in [0.3, 0.4) is 0 Å². The summed E-state index contributed by atoms with van der Waals surface area (Å²) in [6, 6.07) is 0.142. The summed E-state index contributed by atoms with van der Waals surface area (Å²) in [7, 11) is -3.93. The number of hydrogen-bond acceptors (Lipinski definition) is 4. The van der Waals surface area contributed by atoms with Gasteiger partial charge in [0, 0.05) is 19.3 Å². The van der Waals surface area contributed by atoms with Crippen molar-refractivity contribution in [1.29, 1.82) is 0 Å². The number of sulfonamides is 1. The summed E-state index contributed by atoms with van der Waals surface area (Å²) in [6.07, 6.45) is 2.90. The molecule has 1 amide bonds. The van der Waals surface area contributed by atoms with E-state index < -0.39 is 21.9 Å². The van der Waals surface area contributed by atoms with E-state index >= 15 is 0 Å². The van der Waals surface area contributed by atoms with Gasteiger partial charge >= 0.3 is 0 Å². The largest absolute Gasteiger partial charge is 0.355 e. The van der Waals surface area contributed by atoms with Crippen LogP contribution < -0.4 is 5.32 Å². The van der Waals surface area contributed by atoms with Crippen LogP contribution in [0.4, 0.5) is 4.39 Å². The number of rotatable bonds is 3. The van der Waals surface area contributed by atoms with Gasteiger partial charge in [-0.1, -0.05) is 6.92 Å². The lowest BCUT2D eigenvalue weighted by Gasteiger charge is -2.26. The number of pyridine rings is 1. The summed E-state index contributed by atoms with van der Waals surface area (Å²) >= 11 is 0. The highest BCUT2D eigenvalue weighted by molar-refractivity contribution is 7.89. The number of halogens is 1. The molecule has 1 aliphatic rings. The monoisotopic (exact) mass is 301 g/mol. The Morgan fingerprint density at radius 1 is 1.50 bits per heavy atom. The van der Waals surface area contributed by atoms with Gasteiger partial charge in [-0.3, -0.25) is 9.78 Å². The minimum absolute atomic E-state index is 0.218. The minimum atomic E-state index is -3.93. The van der Waals surface area contributed by atoms with Gasteiger partial charge < -0.3 is 5.32 Å². The van der Waals surface area contributed by atoms with E-state index in [4.69, 9.17) is 0 Å². The molecule has 1 aromatic rings. The first-order chi connectivity index (χ1) is 9.46. The molecule has 1 saturated heterocycles. The van der Waals surface area contributed by atoms with E-state index in [-0.39, 0.29) is 17.3 Å². The highest BCUT2D eigenvalue weighted by Gasteiger charge is 2.36. The average Bonchev–Trinajstić information content (AvgIpc) is 2.60. The molecule has 0 spiro atoms. The Bertz CT molecular complexity index is 606. The van der Waals surface area contributed by atoms with E-state index in [1.807, 2.05) is 0 Å². The number of hydrogen-bond donors (Lipinski definition) is 1. The van der Waals surface area contributed by atoms with Crippen LogP contribution in [0.5, 0.6) is 0 Å². The van der Waals surface area contributed by atoms with E-state index in [0.717, 1.165) is 22.8 Å². The fraction of sp³-hybridized carbons (Fsp3) is 0.500. The molecule has 1 aromatic heterocycles. The van der Waals surface area contributed by atoms with Crippen molar-refractivity contribution in [2.75, 3.05) is 13.1 Å². The van der Waals surface area contributed by atoms with E-state index in [1.54, 1.807) is 6.92 Å². The number of nitrogens with one attached hydrogen (secondary N) is 1. The van der Waals surface area contributed by atoms with Crippen LogP contribution >= 0.6 is 0 Å². The Kier molecular flexibility index (Phi) is 4.34. The Morgan fingerprint density at radius 3 is 2.90 bits per heavy atom. The molecule has 0 aromatic carbocycles. The lowest BCUT2D eigenvalue weighted by atomic mass is 10.2. The van der Waals surface area contributed by atoms with Crippen molar-refractivity contribution < 1.29 is 17.6 Å². The second-order valence-electron chi connectivity index (χ2n) is 4.52. The zero-order chi connectivity index (χ0) is 14.8. The molecule has 1 fully saturated rings. The van der Waals surface area contributed by atoms with Crippen LogP contribution in [0.25, 0.3) is 0 Å². The number of amides is 1. The molecule has 0 aliphatic carbocycles. The second-order valence-corrected chi connectivity index (χ2v) is 6.41. The summed E-state index contributed by atoms with van der Waals surface area (Å²) in [5.41, 5.74) is 0. The van der Waals surface area contributed by atoms with Crippen LogP contribution in [0, 0.1) is 5.82 Å². The molecule has 1 atom stereocenters. The van der Waals surface area contributed by atoms with E-state index in [1.165, 1.54) is 0 Å². The maximum absolute atomic E-state index is 13.2. The topological polar surface area (TPSA) is 79.4 Å². The van der Waals surface area contributed by atoms with Crippen LogP contribution in [0.1, 0.15) is 19.8 Å². The van der Waals surface area contributed by atoms with Crippen molar-refractivity contribution in [3.05, 3.63) is 24.3 Å². The molecule has 2 rings (SSSR count). The van der Waals surface area contributed by atoms with Gasteiger partial charge in [-0.15, -0.1) is 0 Å². The van der Waals surface area contributed by atoms with Gasteiger partial charge in [0.15, 0.2) is 0 Å². The lowest BCUT2D eigenvalue weighted by molar-refractivity contribution is -0.124. The predicted octanol–water partition coefficient (Wildman–Crippen LogP) is 0.510. The third-order valence-corrected chi connectivity index (χ3v) is 5.05. The first-order valence-corrected chi connectivity index (χ1v) is 7.81. The quantitative estimate of drug-likeness (QED) is 0.882. The maximum Gasteiger partial charge on any atom is 0.245 e. The molecule has 0 unspecified atom stereocenters. The molecule has 1 N–H and O–H groups in total. The van der Waals surface area contributed by atoms with Gasteiger partial charge in [0.05, 0.1) is 6.20 Å². The fourth-order valence-electron chi connectivity index (χ4n) is 2.20. The minimum Gasteiger partial charge on any atom is -0.355 e. The third kappa shape index (κ3) is 2.80. The summed E-state index contributed by atoms with van der Waals surface area (Å²) < 4.78 is 39.4. The number of carbonyl (C=O) groups excluding carboxylic acids is 1. The molecule has 0 bridgehead atoms. The predicted molar refractivity (Wildman–Crippen MR) is 69.8 cm³/mol. The molecule has 0 saturated carbocycles. The van der Waals surface area contributed by atoms with Crippen LogP contribution in [0.15, 0.2) is 23.4 Å². The number of carbonyl (C=O) groups is 1. The summed E-state index contributed by atoms with van der Waals surface area (Å²) in [5.74, 6) is -1.05. The van der Waals surface area contributed by atoms with Crippen molar-refractivity contribution in [2.45, 2.75) is 30.7 Å². The number of aromatic nitrogens is 1. The van der Waals surface area contributed by atoms with E-state index in [9.17, 15) is 17.6 Å². The Balaban J connectivity index is 2.43. The first kappa shape index (κ1) is 14.9. The molecule has 2 heterocycles.